The molecule has 15 heavy (non-hydrogen) atoms. The zero-order valence-electron chi connectivity index (χ0n) is 10.5. The highest BCUT2D eigenvalue weighted by Gasteiger charge is 2.36. The van der Waals surface area contributed by atoms with Crippen LogP contribution in [0.25, 0.3) is 0 Å². The van der Waals surface area contributed by atoms with E-state index < -0.39 is 0 Å². The first-order chi connectivity index (χ1) is 6.89. The third-order valence-electron chi connectivity index (χ3n) is 3.96. The Bertz CT molecular complexity index is 273. The van der Waals surface area contributed by atoms with Crippen molar-refractivity contribution in [2.75, 3.05) is 6.61 Å². The maximum atomic E-state index is 9.05. The lowest BCUT2D eigenvalue weighted by atomic mass is 9.73. The first-order valence-corrected chi connectivity index (χ1v) is 5.85. The van der Waals surface area contributed by atoms with E-state index in [2.05, 4.69) is 40.3 Å². The molecule has 0 aromatic rings. The largest absolute Gasteiger partial charge is 0.396 e. The lowest BCUT2D eigenvalue weighted by molar-refractivity contribution is 0.228. The summed E-state index contributed by atoms with van der Waals surface area (Å²) in [5, 5.41) is 9.05. The molecule has 0 saturated heterocycles. The third-order valence-corrected chi connectivity index (χ3v) is 3.96. The van der Waals surface area contributed by atoms with E-state index in [1.165, 1.54) is 11.1 Å². The Morgan fingerprint density at radius 2 is 2.27 bits per heavy atom. The van der Waals surface area contributed by atoms with Crippen molar-refractivity contribution < 1.29 is 5.11 Å². The van der Waals surface area contributed by atoms with E-state index in [1.54, 1.807) is 0 Å². The van der Waals surface area contributed by atoms with Gasteiger partial charge in [0.25, 0.3) is 0 Å². The van der Waals surface area contributed by atoms with Crippen LogP contribution in [0, 0.1) is 17.3 Å². The Morgan fingerprint density at radius 3 is 2.67 bits per heavy atom. The van der Waals surface area contributed by atoms with Gasteiger partial charge in [-0.25, -0.2) is 0 Å². The molecule has 2 atom stereocenters. The van der Waals surface area contributed by atoms with Crippen LogP contribution in [0.3, 0.4) is 0 Å². The topological polar surface area (TPSA) is 20.2 Å². The van der Waals surface area contributed by atoms with Crippen LogP contribution in [0.4, 0.5) is 0 Å². The standard InChI is InChI=1S/C14H24O/c1-10(9-15)8-11(2)13-7-6-12(3)14(13,4)5/h6,10,13,15H,2,7-9H2,1,3-5H3/t10?,13-/m0/s1. The van der Waals surface area contributed by atoms with Crippen molar-refractivity contribution >= 4 is 0 Å². The Labute approximate surface area is 93.9 Å². The Morgan fingerprint density at radius 1 is 1.67 bits per heavy atom. The molecule has 0 amide bonds. The van der Waals surface area contributed by atoms with Gasteiger partial charge in [-0.3, -0.25) is 0 Å². The maximum absolute atomic E-state index is 9.05. The van der Waals surface area contributed by atoms with E-state index in [0.717, 1.165) is 12.8 Å². The third kappa shape index (κ3) is 2.52. The summed E-state index contributed by atoms with van der Waals surface area (Å²) < 4.78 is 0. The normalized spacial score (nSPS) is 26.2. The van der Waals surface area contributed by atoms with Crippen LogP contribution in [0.5, 0.6) is 0 Å². The summed E-state index contributed by atoms with van der Waals surface area (Å²) in [5.41, 5.74) is 3.03. The van der Waals surface area contributed by atoms with Crippen molar-refractivity contribution in [3.8, 4) is 0 Å². The molecule has 1 aliphatic rings. The summed E-state index contributed by atoms with van der Waals surface area (Å²) in [6.07, 6.45) is 4.40. The number of aliphatic hydroxyl groups is 1. The van der Waals surface area contributed by atoms with Crippen molar-refractivity contribution in [3.05, 3.63) is 23.8 Å². The Kier molecular flexibility index (Phi) is 3.77. The predicted octanol–water partition coefficient (Wildman–Crippen LogP) is 3.55. The fourth-order valence-corrected chi connectivity index (χ4v) is 2.46. The summed E-state index contributed by atoms with van der Waals surface area (Å²) in [7, 11) is 0. The first-order valence-electron chi connectivity index (χ1n) is 5.85. The van der Waals surface area contributed by atoms with Gasteiger partial charge < -0.3 is 5.11 Å². The Balaban J connectivity index is 2.64. The first kappa shape index (κ1) is 12.5. The Hall–Kier alpha value is -0.560. The predicted molar refractivity (Wildman–Crippen MR) is 65.7 cm³/mol. The molecule has 0 aromatic heterocycles. The second-order valence-corrected chi connectivity index (χ2v) is 5.55. The molecular weight excluding hydrogens is 184 g/mol. The molecule has 1 heteroatoms. The van der Waals surface area contributed by atoms with E-state index in [0.29, 0.717) is 11.8 Å². The van der Waals surface area contributed by atoms with Crippen molar-refractivity contribution in [2.24, 2.45) is 17.3 Å². The van der Waals surface area contributed by atoms with Crippen molar-refractivity contribution in [1.82, 2.24) is 0 Å². The minimum Gasteiger partial charge on any atom is -0.396 e. The average molecular weight is 208 g/mol. The molecule has 0 aromatic carbocycles. The summed E-state index contributed by atoms with van der Waals surface area (Å²) in [4.78, 5) is 0. The molecule has 1 unspecified atom stereocenters. The second kappa shape index (κ2) is 4.52. The molecule has 86 valence electrons. The minimum absolute atomic E-state index is 0.256. The van der Waals surface area contributed by atoms with Crippen LogP contribution in [0.2, 0.25) is 0 Å². The molecule has 0 saturated carbocycles. The molecule has 1 N–H and O–H groups in total. The monoisotopic (exact) mass is 208 g/mol. The molecule has 0 spiro atoms. The minimum atomic E-state index is 0.256. The van der Waals surface area contributed by atoms with Crippen molar-refractivity contribution in [1.29, 1.82) is 0 Å². The van der Waals surface area contributed by atoms with Gasteiger partial charge in [-0.05, 0) is 37.0 Å². The molecule has 1 rings (SSSR count). The van der Waals surface area contributed by atoms with Gasteiger partial charge in [0.05, 0.1) is 0 Å². The van der Waals surface area contributed by atoms with E-state index >= 15 is 0 Å². The SMILES string of the molecule is C=C(CC(C)CO)[C@@H]1CC=C(C)C1(C)C. The molecule has 0 radical (unpaired) electrons. The molecule has 1 aliphatic carbocycles. The summed E-state index contributed by atoms with van der Waals surface area (Å²) in [6, 6.07) is 0. The number of allylic oxidation sites excluding steroid dienone is 3. The number of hydrogen-bond donors (Lipinski definition) is 1. The maximum Gasteiger partial charge on any atom is 0.0459 e. The van der Waals surface area contributed by atoms with Gasteiger partial charge in [0.15, 0.2) is 0 Å². The number of aliphatic hydroxyl groups excluding tert-OH is 1. The molecule has 0 bridgehead atoms. The van der Waals surface area contributed by atoms with Crippen LogP contribution in [0.15, 0.2) is 23.8 Å². The van der Waals surface area contributed by atoms with Crippen molar-refractivity contribution in [3.63, 3.8) is 0 Å². The van der Waals surface area contributed by atoms with Gasteiger partial charge in [0, 0.05) is 6.61 Å². The fourth-order valence-electron chi connectivity index (χ4n) is 2.46. The molecule has 1 nitrogen and oxygen atoms in total. The highest BCUT2D eigenvalue weighted by atomic mass is 16.3. The zero-order valence-corrected chi connectivity index (χ0v) is 10.5. The van der Waals surface area contributed by atoms with Crippen LogP contribution >= 0.6 is 0 Å². The lowest BCUT2D eigenvalue weighted by Crippen LogP contribution is -2.23. The van der Waals surface area contributed by atoms with Gasteiger partial charge in [-0.2, -0.15) is 0 Å². The molecule has 0 fully saturated rings. The van der Waals surface area contributed by atoms with Gasteiger partial charge >= 0.3 is 0 Å². The van der Waals surface area contributed by atoms with E-state index in [4.69, 9.17) is 5.11 Å². The quantitative estimate of drug-likeness (QED) is 0.700. The molecular formula is C14H24O. The summed E-state index contributed by atoms with van der Waals surface area (Å²) in [6.45, 7) is 13.4. The van der Waals surface area contributed by atoms with Crippen LogP contribution in [-0.4, -0.2) is 11.7 Å². The van der Waals surface area contributed by atoms with E-state index in [9.17, 15) is 0 Å². The molecule has 0 heterocycles. The van der Waals surface area contributed by atoms with Crippen LogP contribution in [0.1, 0.15) is 40.5 Å². The number of hydrogen-bond acceptors (Lipinski definition) is 1. The number of rotatable bonds is 4. The lowest BCUT2D eigenvalue weighted by Gasteiger charge is -2.32. The van der Waals surface area contributed by atoms with Gasteiger partial charge in [0.1, 0.15) is 0 Å². The smallest absolute Gasteiger partial charge is 0.0459 e. The fraction of sp³-hybridized carbons (Fsp3) is 0.714. The van der Waals surface area contributed by atoms with Gasteiger partial charge in [0.2, 0.25) is 0 Å². The highest BCUT2D eigenvalue weighted by Crippen LogP contribution is 2.47. The van der Waals surface area contributed by atoms with Crippen LogP contribution < -0.4 is 0 Å². The second-order valence-electron chi connectivity index (χ2n) is 5.55. The van der Waals surface area contributed by atoms with Gasteiger partial charge in [-0.1, -0.05) is 44.6 Å². The van der Waals surface area contributed by atoms with E-state index in [1.807, 2.05) is 0 Å². The summed E-state index contributed by atoms with van der Waals surface area (Å²) in [5.74, 6) is 0.903. The zero-order chi connectivity index (χ0) is 11.6. The van der Waals surface area contributed by atoms with Gasteiger partial charge in [-0.15, -0.1) is 0 Å². The van der Waals surface area contributed by atoms with Crippen LogP contribution in [-0.2, 0) is 0 Å². The average Bonchev–Trinajstić information content (AvgIpc) is 2.41. The summed E-state index contributed by atoms with van der Waals surface area (Å²) >= 11 is 0. The highest BCUT2D eigenvalue weighted by molar-refractivity contribution is 5.25. The molecule has 0 aliphatic heterocycles. The van der Waals surface area contributed by atoms with E-state index in [-0.39, 0.29) is 12.0 Å². The van der Waals surface area contributed by atoms with Crippen molar-refractivity contribution in [2.45, 2.75) is 40.5 Å².